The first-order valence-corrected chi connectivity index (χ1v) is 6.10. The molecule has 3 heteroatoms. The summed E-state index contributed by atoms with van der Waals surface area (Å²) >= 11 is 0. The maximum absolute atomic E-state index is 9.71. The first-order chi connectivity index (χ1) is 7.94. The lowest BCUT2D eigenvalue weighted by Gasteiger charge is -2.20. The van der Waals surface area contributed by atoms with E-state index in [2.05, 4.69) is 26.0 Å². The molecule has 0 saturated carbocycles. The third-order valence-electron chi connectivity index (χ3n) is 2.90. The van der Waals surface area contributed by atoms with Crippen molar-refractivity contribution in [1.29, 1.82) is 0 Å². The van der Waals surface area contributed by atoms with Crippen molar-refractivity contribution in [3.8, 4) is 5.75 Å². The lowest BCUT2D eigenvalue weighted by atomic mass is 10.0. The van der Waals surface area contributed by atoms with E-state index in [1.54, 1.807) is 6.92 Å². The van der Waals surface area contributed by atoms with E-state index in [0.29, 0.717) is 18.9 Å². The molecule has 1 unspecified atom stereocenters. The standard InChI is InChI=1S/C14H23NO2/c1-11(2)12-4-6-13(7-5-12)17-9-8-14(3,16)10-15/h4-7,11,16H,8-10,15H2,1-3H3. The summed E-state index contributed by atoms with van der Waals surface area (Å²) in [6.07, 6.45) is 0.537. The number of benzene rings is 1. The van der Waals surface area contributed by atoms with Crippen LogP contribution in [-0.2, 0) is 0 Å². The quantitative estimate of drug-likeness (QED) is 0.798. The molecule has 0 heterocycles. The smallest absolute Gasteiger partial charge is 0.119 e. The van der Waals surface area contributed by atoms with Gasteiger partial charge in [-0.25, -0.2) is 0 Å². The Labute approximate surface area is 104 Å². The fraction of sp³-hybridized carbons (Fsp3) is 0.571. The van der Waals surface area contributed by atoms with Crippen LogP contribution in [0.4, 0.5) is 0 Å². The van der Waals surface area contributed by atoms with Crippen LogP contribution in [0.5, 0.6) is 5.75 Å². The van der Waals surface area contributed by atoms with Crippen molar-refractivity contribution in [3.63, 3.8) is 0 Å². The molecule has 0 aliphatic carbocycles. The molecule has 0 fully saturated rings. The van der Waals surface area contributed by atoms with Crippen LogP contribution >= 0.6 is 0 Å². The van der Waals surface area contributed by atoms with Crippen LogP contribution in [0.25, 0.3) is 0 Å². The first kappa shape index (κ1) is 14.0. The zero-order valence-corrected chi connectivity index (χ0v) is 10.9. The summed E-state index contributed by atoms with van der Waals surface area (Å²) in [6.45, 7) is 6.77. The van der Waals surface area contributed by atoms with Crippen LogP contribution in [0.1, 0.15) is 38.7 Å². The van der Waals surface area contributed by atoms with Gasteiger partial charge in [0.2, 0.25) is 0 Å². The monoisotopic (exact) mass is 237 g/mol. The molecule has 0 spiro atoms. The lowest BCUT2D eigenvalue weighted by molar-refractivity contribution is 0.0453. The highest BCUT2D eigenvalue weighted by Gasteiger charge is 2.17. The molecule has 0 aliphatic heterocycles. The molecular formula is C14H23NO2. The maximum atomic E-state index is 9.71. The van der Waals surface area contributed by atoms with Crippen LogP contribution in [0.3, 0.4) is 0 Å². The molecule has 1 atom stereocenters. The van der Waals surface area contributed by atoms with Gasteiger partial charge >= 0.3 is 0 Å². The minimum atomic E-state index is -0.835. The van der Waals surface area contributed by atoms with Gasteiger partial charge in [-0.2, -0.15) is 0 Å². The van der Waals surface area contributed by atoms with Crippen molar-refractivity contribution in [1.82, 2.24) is 0 Å². The molecule has 0 bridgehead atoms. The predicted molar refractivity (Wildman–Crippen MR) is 70.3 cm³/mol. The first-order valence-electron chi connectivity index (χ1n) is 6.10. The molecule has 1 aromatic rings. The van der Waals surface area contributed by atoms with Crippen LogP contribution in [0, 0.1) is 0 Å². The van der Waals surface area contributed by atoms with E-state index in [-0.39, 0.29) is 6.54 Å². The van der Waals surface area contributed by atoms with Crippen molar-refractivity contribution in [2.24, 2.45) is 5.73 Å². The van der Waals surface area contributed by atoms with Gasteiger partial charge in [-0.3, -0.25) is 0 Å². The molecule has 96 valence electrons. The Bertz CT molecular complexity index is 331. The van der Waals surface area contributed by atoms with Crippen molar-refractivity contribution >= 4 is 0 Å². The summed E-state index contributed by atoms with van der Waals surface area (Å²) in [5, 5.41) is 9.71. The second kappa shape index (κ2) is 6.03. The van der Waals surface area contributed by atoms with Gasteiger partial charge < -0.3 is 15.6 Å². The summed E-state index contributed by atoms with van der Waals surface area (Å²) in [7, 11) is 0. The Morgan fingerprint density at radius 1 is 1.29 bits per heavy atom. The van der Waals surface area contributed by atoms with Crippen LogP contribution in [0.15, 0.2) is 24.3 Å². The van der Waals surface area contributed by atoms with E-state index in [0.717, 1.165) is 5.75 Å². The van der Waals surface area contributed by atoms with Crippen LogP contribution < -0.4 is 10.5 Å². The zero-order valence-electron chi connectivity index (χ0n) is 10.9. The summed E-state index contributed by atoms with van der Waals surface area (Å²) in [5.74, 6) is 1.37. The molecule has 0 amide bonds. The molecule has 3 nitrogen and oxygen atoms in total. The fourth-order valence-electron chi connectivity index (χ4n) is 1.44. The topological polar surface area (TPSA) is 55.5 Å². The minimum absolute atomic E-state index is 0.253. The number of aliphatic hydroxyl groups is 1. The molecular weight excluding hydrogens is 214 g/mol. The number of hydrogen-bond acceptors (Lipinski definition) is 3. The van der Waals surface area contributed by atoms with Gasteiger partial charge in [-0.15, -0.1) is 0 Å². The average molecular weight is 237 g/mol. The number of rotatable bonds is 6. The largest absolute Gasteiger partial charge is 0.493 e. The Hall–Kier alpha value is -1.06. The van der Waals surface area contributed by atoms with Crippen molar-refractivity contribution in [2.45, 2.75) is 38.7 Å². The Balaban J connectivity index is 2.42. The van der Waals surface area contributed by atoms with Gasteiger partial charge in [0.05, 0.1) is 12.2 Å². The molecule has 1 rings (SSSR count). The fourth-order valence-corrected chi connectivity index (χ4v) is 1.44. The van der Waals surface area contributed by atoms with Gasteiger partial charge in [0.15, 0.2) is 0 Å². The Morgan fingerprint density at radius 3 is 2.35 bits per heavy atom. The van der Waals surface area contributed by atoms with E-state index in [1.165, 1.54) is 5.56 Å². The molecule has 0 aromatic heterocycles. The summed E-state index contributed by atoms with van der Waals surface area (Å²) < 4.78 is 5.56. The second-order valence-corrected chi connectivity index (χ2v) is 5.02. The molecule has 17 heavy (non-hydrogen) atoms. The number of hydrogen-bond donors (Lipinski definition) is 2. The summed E-state index contributed by atoms with van der Waals surface area (Å²) in [4.78, 5) is 0. The lowest BCUT2D eigenvalue weighted by Crippen LogP contribution is -2.35. The summed E-state index contributed by atoms with van der Waals surface area (Å²) in [6, 6.07) is 8.07. The summed E-state index contributed by atoms with van der Waals surface area (Å²) in [5.41, 5.74) is 5.90. The van der Waals surface area contributed by atoms with Gasteiger partial charge in [-0.05, 0) is 30.5 Å². The average Bonchev–Trinajstić information content (AvgIpc) is 2.29. The van der Waals surface area contributed by atoms with E-state index in [1.807, 2.05) is 12.1 Å². The van der Waals surface area contributed by atoms with E-state index >= 15 is 0 Å². The van der Waals surface area contributed by atoms with E-state index in [4.69, 9.17) is 10.5 Å². The van der Waals surface area contributed by atoms with Crippen molar-refractivity contribution in [2.75, 3.05) is 13.2 Å². The number of ether oxygens (including phenoxy) is 1. The van der Waals surface area contributed by atoms with Crippen LogP contribution in [0.2, 0.25) is 0 Å². The third kappa shape index (κ3) is 4.75. The van der Waals surface area contributed by atoms with Crippen LogP contribution in [-0.4, -0.2) is 23.9 Å². The molecule has 0 aliphatic rings. The molecule has 0 saturated heterocycles. The second-order valence-electron chi connectivity index (χ2n) is 5.02. The SMILES string of the molecule is CC(C)c1ccc(OCCC(C)(O)CN)cc1. The van der Waals surface area contributed by atoms with Gasteiger partial charge in [-0.1, -0.05) is 26.0 Å². The van der Waals surface area contributed by atoms with Crippen molar-refractivity contribution in [3.05, 3.63) is 29.8 Å². The highest BCUT2D eigenvalue weighted by molar-refractivity contribution is 5.28. The van der Waals surface area contributed by atoms with Crippen molar-refractivity contribution < 1.29 is 9.84 Å². The van der Waals surface area contributed by atoms with E-state index in [9.17, 15) is 5.11 Å². The minimum Gasteiger partial charge on any atom is -0.493 e. The zero-order chi connectivity index (χ0) is 12.9. The van der Waals surface area contributed by atoms with E-state index < -0.39 is 5.60 Å². The third-order valence-corrected chi connectivity index (χ3v) is 2.90. The van der Waals surface area contributed by atoms with Gasteiger partial charge in [0.25, 0.3) is 0 Å². The predicted octanol–water partition coefficient (Wildman–Crippen LogP) is 2.29. The highest BCUT2D eigenvalue weighted by Crippen LogP contribution is 2.19. The normalized spacial score (nSPS) is 14.7. The molecule has 1 aromatic carbocycles. The van der Waals surface area contributed by atoms with Gasteiger partial charge in [0.1, 0.15) is 5.75 Å². The number of nitrogens with two attached hydrogens (primary N) is 1. The van der Waals surface area contributed by atoms with Gasteiger partial charge in [0, 0.05) is 13.0 Å². The maximum Gasteiger partial charge on any atom is 0.119 e. The molecule has 0 radical (unpaired) electrons. The molecule has 3 N–H and O–H groups in total. The highest BCUT2D eigenvalue weighted by atomic mass is 16.5. The Kier molecular flexibility index (Phi) is 4.97. The Morgan fingerprint density at radius 2 is 1.88 bits per heavy atom.